The Hall–Kier alpha value is -3.13. The predicted octanol–water partition coefficient (Wildman–Crippen LogP) is 4.55. The molecule has 0 saturated carbocycles. The summed E-state index contributed by atoms with van der Waals surface area (Å²) in [6.07, 6.45) is 1.54. The fourth-order valence-electron chi connectivity index (χ4n) is 2.27. The Bertz CT molecular complexity index is 849. The molecule has 0 aliphatic rings. The van der Waals surface area contributed by atoms with Gasteiger partial charge >= 0.3 is 0 Å². The smallest absolute Gasteiger partial charge is 0.175 e. The van der Waals surface area contributed by atoms with E-state index in [0.717, 1.165) is 5.56 Å². The van der Waals surface area contributed by atoms with Gasteiger partial charge in [0.1, 0.15) is 18.5 Å². The van der Waals surface area contributed by atoms with Gasteiger partial charge in [0.25, 0.3) is 0 Å². The number of rotatable bonds is 7. The second kappa shape index (κ2) is 8.82. The number of carbonyl (C=O) groups is 1. The van der Waals surface area contributed by atoms with Gasteiger partial charge in [0.15, 0.2) is 17.3 Å². The first kappa shape index (κ1) is 19.2. The fraction of sp³-hybridized carbons (Fsp3) is 0.238. The molecule has 2 aromatic carbocycles. The van der Waals surface area contributed by atoms with Crippen molar-refractivity contribution in [3.63, 3.8) is 0 Å². The molecule has 0 heterocycles. The maximum Gasteiger partial charge on any atom is 0.175 e. The van der Waals surface area contributed by atoms with Gasteiger partial charge in [0.05, 0.1) is 12.7 Å². The molecule has 134 valence electrons. The Labute approximate surface area is 152 Å². The molecule has 0 unspecified atom stereocenters. The zero-order chi connectivity index (χ0) is 19.1. The van der Waals surface area contributed by atoms with Crippen LogP contribution >= 0.6 is 0 Å². The lowest BCUT2D eigenvalue weighted by molar-refractivity contribution is -0.117. The summed E-state index contributed by atoms with van der Waals surface area (Å²) < 4.78 is 24.0. The van der Waals surface area contributed by atoms with Crippen LogP contribution in [0.2, 0.25) is 0 Å². The lowest BCUT2D eigenvalue weighted by Crippen LogP contribution is -2.08. The number of ketones is 1. The van der Waals surface area contributed by atoms with E-state index in [1.165, 1.54) is 25.3 Å². The van der Waals surface area contributed by atoms with E-state index in [0.29, 0.717) is 17.1 Å². The minimum atomic E-state index is -0.299. The Kier molecular flexibility index (Phi) is 6.51. The normalized spacial score (nSPS) is 11.2. The number of nitriles is 1. The van der Waals surface area contributed by atoms with Crippen molar-refractivity contribution in [3.8, 4) is 17.6 Å². The average Bonchev–Trinajstić information content (AvgIpc) is 2.65. The summed E-state index contributed by atoms with van der Waals surface area (Å²) in [5.74, 6) is 0.244. The summed E-state index contributed by atoms with van der Waals surface area (Å²) in [4.78, 5) is 12.0. The van der Waals surface area contributed by atoms with Gasteiger partial charge in [0, 0.05) is 5.92 Å². The first-order valence-electron chi connectivity index (χ1n) is 8.16. The second-order valence-electron chi connectivity index (χ2n) is 6.01. The number of allylic oxidation sites excluding steroid dienone is 1. The highest BCUT2D eigenvalue weighted by Gasteiger charge is 2.14. The number of hydrogen-bond acceptors (Lipinski definition) is 4. The van der Waals surface area contributed by atoms with Crippen LogP contribution in [0.3, 0.4) is 0 Å². The molecule has 0 aromatic heterocycles. The molecule has 0 bridgehead atoms. The van der Waals surface area contributed by atoms with Gasteiger partial charge in [-0.15, -0.1) is 0 Å². The first-order chi connectivity index (χ1) is 12.4. The van der Waals surface area contributed by atoms with Gasteiger partial charge in [0.2, 0.25) is 0 Å². The van der Waals surface area contributed by atoms with Crippen molar-refractivity contribution >= 4 is 11.9 Å². The predicted molar refractivity (Wildman–Crippen MR) is 97.2 cm³/mol. The third-order valence-corrected chi connectivity index (χ3v) is 3.72. The molecule has 0 radical (unpaired) electrons. The molecule has 0 amide bonds. The van der Waals surface area contributed by atoms with Gasteiger partial charge in [-0.2, -0.15) is 5.26 Å². The van der Waals surface area contributed by atoms with Gasteiger partial charge in [-0.1, -0.05) is 32.0 Å². The first-order valence-corrected chi connectivity index (χ1v) is 8.16. The van der Waals surface area contributed by atoms with Crippen LogP contribution in [0.25, 0.3) is 6.08 Å². The van der Waals surface area contributed by atoms with Gasteiger partial charge in [-0.25, -0.2) is 4.39 Å². The molecule has 26 heavy (non-hydrogen) atoms. The van der Waals surface area contributed by atoms with Crippen molar-refractivity contribution in [2.24, 2.45) is 5.92 Å². The number of hydrogen-bond donors (Lipinski definition) is 0. The van der Waals surface area contributed by atoms with Crippen LogP contribution in [0, 0.1) is 23.1 Å². The van der Waals surface area contributed by atoms with E-state index in [4.69, 9.17) is 9.47 Å². The Morgan fingerprint density at radius 2 is 1.88 bits per heavy atom. The standard InChI is InChI=1S/C21H20FNO3/c1-14(2)21(24)17(12-23)10-16-6-9-19(20(11-16)25-3)26-13-15-4-7-18(22)8-5-15/h4-11,14H,13H2,1-3H3/b17-10-. The van der Waals surface area contributed by atoms with Crippen molar-refractivity contribution in [1.29, 1.82) is 5.26 Å². The van der Waals surface area contributed by atoms with E-state index in [9.17, 15) is 14.4 Å². The number of Topliss-reactive ketones (excluding diaryl/α,β-unsaturated/α-hetero) is 1. The Morgan fingerprint density at radius 1 is 1.19 bits per heavy atom. The number of carbonyl (C=O) groups excluding carboxylic acids is 1. The minimum absolute atomic E-state index is 0.0991. The SMILES string of the molecule is COc1cc(/C=C(/C#N)C(=O)C(C)C)ccc1OCc1ccc(F)cc1. The van der Waals surface area contributed by atoms with Crippen LogP contribution in [-0.2, 0) is 11.4 Å². The molecular formula is C21H20FNO3. The average molecular weight is 353 g/mol. The Morgan fingerprint density at radius 3 is 2.46 bits per heavy atom. The topological polar surface area (TPSA) is 59.3 Å². The molecule has 0 fully saturated rings. The fourth-order valence-corrected chi connectivity index (χ4v) is 2.27. The van der Waals surface area contributed by atoms with Crippen LogP contribution in [0.5, 0.6) is 11.5 Å². The highest BCUT2D eigenvalue weighted by molar-refractivity contribution is 6.04. The number of ether oxygens (including phenoxy) is 2. The number of methoxy groups -OCH3 is 1. The zero-order valence-corrected chi connectivity index (χ0v) is 15.0. The summed E-state index contributed by atoms with van der Waals surface area (Å²) in [7, 11) is 1.51. The number of nitrogens with zero attached hydrogens (tertiary/aromatic N) is 1. The van der Waals surface area contributed by atoms with Crippen LogP contribution in [0.1, 0.15) is 25.0 Å². The highest BCUT2D eigenvalue weighted by atomic mass is 19.1. The summed E-state index contributed by atoms with van der Waals surface area (Å²) in [5.41, 5.74) is 1.59. The van der Waals surface area contributed by atoms with Gasteiger partial charge in [-0.05, 0) is 41.5 Å². The van der Waals surface area contributed by atoms with E-state index in [2.05, 4.69) is 0 Å². The monoisotopic (exact) mass is 353 g/mol. The zero-order valence-electron chi connectivity index (χ0n) is 15.0. The molecule has 0 atom stereocenters. The van der Waals surface area contributed by atoms with E-state index < -0.39 is 0 Å². The molecule has 2 aromatic rings. The van der Waals surface area contributed by atoms with Crippen molar-refractivity contribution in [1.82, 2.24) is 0 Å². The molecule has 0 N–H and O–H groups in total. The minimum Gasteiger partial charge on any atom is -0.493 e. The maximum absolute atomic E-state index is 12.9. The third-order valence-electron chi connectivity index (χ3n) is 3.72. The van der Waals surface area contributed by atoms with E-state index in [-0.39, 0.29) is 29.7 Å². The molecule has 4 nitrogen and oxygen atoms in total. The molecule has 0 aliphatic heterocycles. The molecule has 0 saturated heterocycles. The van der Waals surface area contributed by atoms with Crippen molar-refractivity contribution in [2.45, 2.75) is 20.5 Å². The van der Waals surface area contributed by atoms with Crippen LogP contribution in [0.15, 0.2) is 48.0 Å². The third kappa shape index (κ3) is 4.93. The lowest BCUT2D eigenvalue weighted by atomic mass is 10.00. The largest absolute Gasteiger partial charge is 0.493 e. The molecular weight excluding hydrogens is 333 g/mol. The van der Waals surface area contributed by atoms with Crippen molar-refractivity contribution < 1.29 is 18.7 Å². The summed E-state index contributed by atoms with van der Waals surface area (Å²) in [6.45, 7) is 3.77. The lowest BCUT2D eigenvalue weighted by Gasteiger charge is -2.12. The van der Waals surface area contributed by atoms with E-state index in [1.54, 1.807) is 44.2 Å². The van der Waals surface area contributed by atoms with Crippen molar-refractivity contribution in [2.75, 3.05) is 7.11 Å². The highest BCUT2D eigenvalue weighted by Crippen LogP contribution is 2.30. The summed E-state index contributed by atoms with van der Waals surface area (Å²) in [5, 5.41) is 9.20. The maximum atomic E-state index is 12.9. The number of halogens is 1. The van der Waals surface area contributed by atoms with E-state index in [1.807, 2.05) is 6.07 Å². The quantitative estimate of drug-likeness (QED) is 0.541. The summed E-state index contributed by atoms with van der Waals surface area (Å²) >= 11 is 0. The van der Waals surface area contributed by atoms with Crippen LogP contribution in [-0.4, -0.2) is 12.9 Å². The van der Waals surface area contributed by atoms with Crippen LogP contribution < -0.4 is 9.47 Å². The van der Waals surface area contributed by atoms with Crippen LogP contribution in [0.4, 0.5) is 4.39 Å². The van der Waals surface area contributed by atoms with Gasteiger partial charge < -0.3 is 9.47 Å². The van der Waals surface area contributed by atoms with Gasteiger partial charge in [-0.3, -0.25) is 4.79 Å². The molecule has 0 spiro atoms. The number of benzene rings is 2. The van der Waals surface area contributed by atoms with Crippen molar-refractivity contribution in [3.05, 3.63) is 65.0 Å². The Balaban J connectivity index is 2.20. The molecule has 5 heteroatoms. The van der Waals surface area contributed by atoms with E-state index >= 15 is 0 Å². The molecule has 2 rings (SSSR count). The molecule has 0 aliphatic carbocycles. The summed E-state index contributed by atoms with van der Waals surface area (Å²) in [6, 6.07) is 13.1. The second-order valence-corrected chi connectivity index (χ2v) is 6.01.